The van der Waals surface area contributed by atoms with Gasteiger partial charge in [-0.2, -0.15) is 0 Å². The van der Waals surface area contributed by atoms with Crippen molar-refractivity contribution < 1.29 is 22.7 Å². The van der Waals surface area contributed by atoms with Gasteiger partial charge in [-0.05, 0) is 61.9 Å². The van der Waals surface area contributed by atoms with Crippen molar-refractivity contribution in [3.8, 4) is 11.5 Å². The van der Waals surface area contributed by atoms with Crippen LogP contribution in [0.5, 0.6) is 11.5 Å². The zero-order valence-corrected chi connectivity index (χ0v) is 19.5. The Bertz CT molecular complexity index is 1070. The van der Waals surface area contributed by atoms with E-state index in [0.717, 1.165) is 35.4 Å². The van der Waals surface area contributed by atoms with E-state index in [0.29, 0.717) is 11.5 Å². The molecule has 1 aliphatic rings. The number of anilines is 1. The monoisotopic (exact) mass is 446 g/mol. The van der Waals surface area contributed by atoms with Crippen molar-refractivity contribution in [2.75, 3.05) is 24.8 Å². The summed E-state index contributed by atoms with van der Waals surface area (Å²) in [6.45, 7) is 3.46. The Labute approximate surface area is 184 Å². The van der Waals surface area contributed by atoms with Crippen molar-refractivity contribution in [3.63, 3.8) is 0 Å². The minimum absolute atomic E-state index is 0.247. The molecule has 0 aliphatic heterocycles. The lowest BCUT2D eigenvalue weighted by Crippen LogP contribution is -2.48. The van der Waals surface area contributed by atoms with E-state index in [-0.39, 0.29) is 11.7 Å². The number of nitrogens with zero attached hydrogens (tertiary/aromatic N) is 1. The van der Waals surface area contributed by atoms with Crippen molar-refractivity contribution >= 4 is 21.6 Å². The molecule has 0 heterocycles. The van der Waals surface area contributed by atoms with Crippen molar-refractivity contribution in [2.24, 2.45) is 0 Å². The third-order valence-electron chi connectivity index (χ3n) is 5.69. The van der Waals surface area contributed by atoms with Gasteiger partial charge in [0.25, 0.3) is 0 Å². The number of carbonyl (C=O) groups excluding carboxylic acids is 1. The number of hydrogen-bond acceptors (Lipinski definition) is 5. The standard InChI is InChI=1S/C23H30N2O5S/c1-15(18-10-9-17-7-6-8-19(17)13-18)24-23(26)16(2)25(31(5,27)28)21-14-20(29-3)11-12-22(21)30-4/h9-16H,6-8H2,1-5H3,(H,24,26). The second-order valence-electron chi connectivity index (χ2n) is 7.88. The van der Waals surface area contributed by atoms with E-state index in [2.05, 4.69) is 17.4 Å². The molecule has 2 unspecified atom stereocenters. The Morgan fingerprint density at radius 2 is 1.74 bits per heavy atom. The van der Waals surface area contributed by atoms with Gasteiger partial charge in [-0.3, -0.25) is 9.10 Å². The van der Waals surface area contributed by atoms with Crippen LogP contribution in [0, 0.1) is 0 Å². The number of benzene rings is 2. The van der Waals surface area contributed by atoms with Gasteiger partial charge in [-0.25, -0.2) is 8.42 Å². The summed E-state index contributed by atoms with van der Waals surface area (Å²) >= 11 is 0. The molecular weight excluding hydrogens is 416 g/mol. The topological polar surface area (TPSA) is 84.9 Å². The Kier molecular flexibility index (Phi) is 6.79. The van der Waals surface area contributed by atoms with E-state index in [4.69, 9.17) is 9.47 Å². The highest BCUT2D eigenvalue weighted by atomic mass is 32.2. The normalized spacial score (nSPS) is 15.0. The molecule has 2 atom stereocenters. The lowest BCUT2D eigenvalue weighted by atomic mass is 10.0. The summed E-state index contributed by atoms with van der Waals surface area (Å²) in [5.74, 6) is 0.393. The van der Waals surface area contributed by atoms with Crippen LogP contribution in [0.2, 0.25) is 0 Å². The maximum absolute atomic E-state index is 13.1. The molecule has 0 aromatic heterocycles. The van der Waals surface area contributed by atoms with Crippen LogP contribution < -0.4 is 19.1 Å². The molecule has 7 nitrogen and oxygen atoms in total. The Balaban J connectivity index is 1.87. The summed E-state index contributed by atoms with van der Waals surface area (Å²) in [6.07, 6.45) is 4.37. The van der Waals surface area contributed by atoms with E-state index in [1.54, 1.807) is 25.1 Å². The van der Waals surface area contributed by atoms with Gasteiger partial charge < -0.3 is 14.8 Å². The predicted molar refractivity (Wildman–Crippen MR) is 121 cm³/mol. The van der Waals surface area contributed by atoms with Gasteiger partial charge in [0.1, 0.15) is 17.5 Å². The quantitative estimate of drug-likeness (QED) is 0.673. The number of nitrogens with one attached hydrogen (secondary N) is 1. The van der Waals surface area contributed by atoms with Crippen LogP contribution in [0.25, 0.3) is 0 Å². The first-order valence-electron chi connectivity index (χ1n) is 10.3. The minimum atomic E-state index is -3.79. The molecule has 31 heavy (non-hydrogen) atoms. The predicted octanol–water partition coefficient (Wildman–Crippen LogP) is 3.22. The first-order valence-corrected chi connectivity index (χ1v) is 12.1. The molecule has 0 saturated heterocycles. The molecule has 1 aliphatic carbocycles. The van der Waals surface area contributed by atoms with Gasteiger partial charge in [0, 0.05) is 6.07 Å². The molecular formula is C23H30N2O5S. The largest absolute Gasteiger partial charge is 0.497 e. The van der Waals surface area contributed by atoms with E-state index >= 15 is 0 Å². The third-order valence-corrected chi connectivity index (χ3v) is 6.92. The molecule has 0 radical (unpaired) electrons. The highest BCUT2D eigenvalue weighted by molar-refractivity contribution is 7.92. The molecule has 0 fully saturated rings. The van der Waals surface area contributed by atoms with Gasteiger partial charge in [-0.1, -0.05) is 18.2 Å². The van der Waals surface area contributed by atoms with Crippen LogP contribution >= 0.6 is 0 Å². The Morgan fingerprint density at radius 3 is 2.39 bits per heavy atom. The van der Waals surface area contributed by atoms with Crippen LogP contribution in [0.15, 0.2) is 36.4 Å². The summed E-state index contributed by atoms with van der Waals surface area (Å²) in [7, 11) is -0.850. The van der Waals surface area contributed by atoms with Crippen molar-refractivity contribution in [1.82, 2.24) is 5.32 Å². The molecule has 3 rings (SSSR count). The zero-order valence-electron chi connectivity index (χ0n) is 18.6. The summed E-state index contributed by atoms with van der Waals surface area (Å²) in [5, 5.41) is 2.96. The fourth-order valence-electron chi connectivity index (χ4n) is 4.03. The number of methoxy groups -OCH3 is 2. The number of rotatable bonds is 8. The maximum atomic E-state index is 13.1. The number of fused-ring (bicyclic) bond motifs is 1. The number of hydrogen-bond donors (Lipinski definition) is 1. The van der Waals surface area contributed by atoms with Gasteiger partial charge in [0.2, 0.25) is 15.9 Å². The van der Waals surface area contributed by atoms with Gasteiger partial charge in [0.05, 0.1) is 32.2 Å². The molecule has 2 aromatic carbocycles. The first-order chi connectivity index (χ1) is 14.7. The highest BCUT2D eigenvalue weighted by Crippen LogP contribution is 2.35. The maximum Gasteiger partial charge on any atom is 0.244 e. The van der Waals surface area contributed by atoms with Gasteiger partial charge in [-0.15, -0.1) is 0 Å². The fraction of sp³-hybridized carbons (Fsp3) is 0.435. The molecule has 0 spiro atoms. The molecule has 168 valence electrons. The van der Waals surface area contributed by atoms with Crippen molar-refractivity contribution in [2.45, 2.75) is 45.2 Å². The molecule has 0 bridgehead atoms. The van der Waals surface area contributed by atoms with Crippen molar-refractivity contribution in [3.05, 3.63) is 53.1 Å². The lowest BCUT2D eigenvalue weighted by Gasteiger charge is -2.30. The molecule has 0 saturated carbocycles. The van der Waals surface area contributed by atoms with Crippen LogP contribution in [0.1, 0.15) is 43.0 Å². The highest BCUT2D eigenvalue weighted by Gasteiger charge is 2.32. The van der Waals surface area contributed by atoms with Crippen LogP contribution in [0.4, 0.5) is 5.69 Å². The van der Waals surface area contributed by atoms with Gasteiger partial charge in [0.15, 0.2) is 0 Å². The molecule has 1 N–H and O–H groups in total. The molecule has 1 amide bonds. The number of amides is 1. The zero-order chi connectivity index (χ0) is 22.8. The van der Waals surface area contributed by atoms with Crippen molar-refractivity contribution in [1.29, 1.82) is 0 Å². The van der Waals surface area contributed by atoms with Crippen LogP contribution in [-0.4, -0.2) is 40.8 Å². The van der Waals surface area contributed by atoms with E-state index in [1.165, 1.54) is 25.3 Å². The second-order valence-corrected chi connectivity index (χ2v) is 9.74. The van der Waals surface area contributed by atoms with Gasteiger partial charge >= 0.3 is 0 Å². The first kappa shape index (κ1) is 22.9. The Hall–Kier alpha value is -2.74. The Morgan fingerprint density at radius 1 is 1.03 bits per heavy atom. The summed E-state index contributed by atoms with van der Waals surface area (Å²) in [5.41, 5.74) is 3.94. The van der Waals surface area contributed by atoms with E-state index in [1.807, 2.05) is 13.0 Å². The summed E-state index contributed by atoms with van der Waals surface area (Å²) in [6, 6.07) is 9.87. The average Bonchev–Trinajstić information content (AvgIpc) is 3.20. The number of sulfonamides is 1. The summed E-state index contributed by atoms with van der Waals surface area (Å²) in [4.78, 5) is 13.1. The SMILES string of the molecule is COc1ccc(OC)c(N(C(C)C(=O)NC(C)c2ccc3c(c2)CCC3)S(C)(=O)=O)c1. The van der Waals surface area contributed by atoms with E-state index in [9.17, 15) is 13.2 Å². The average molecular weight is 447 g/mol. The van der Waals surface area contributed by atoms with Crippen LogP contribution in [0.3, 0.4) is 0 Å². The van der Waals surface area contributed by atoms with E-state index < -0.39 is 22.0 Å². The number of ether oxygens (including phenoxy) is 2. The minimum Gasteiger partial charge on any atom is -0.497 e. The lowest BCUT2D eigenvalue weighted by molar-refractivity contribution is -0.122. The third kappa shape index (κ3) is 4.95. The molecule has 2 aromatic rings. The smallest absolute Gasteiger partial charge is 0.244 e. The fourth-order valence-corrected chi connectivity index (χ4v) is 5.20. The summed E-state index contributed by atoms with van der Waals surface area (Å²) < 4.78 is 37.0. The molecule has 8 heteroatoms. The number of carbonyl (C=O) groups is 1. The number of aryl methyl sites for hydroxylation is 2. The van der Waals surface area contributed by atoms with Crippen LogP contribution in [-0.2, 0) is 27.7 Å². The second kappa shape index (κ2) is 9.18.